The predicted octanol–water partition coefficient (Wildman–Crippen LogP) is 2.71. The van der Waals surface area contributed by atoms with Crippen molar-refractivity contribution < 1.29 is 9.53 Å². The molecule has 0 spiro atoms. The standard InChI is InChI=1S/C26H38N6O2/c1-17-22(14-28-30(17)3)19-6-7-25-20(13-19)5-4-10-32(25)26(27)23-15-31(18(2)33)11-8-24(23)29-21-9-12-34-16-21/h6-7,14,17,19,21-22,27,29H,4-5,8-13,15-16H2,1-3H3/t17?,19?,21-,22?/m0/s1. The van der Waals surface area contributed by atoms with E-state index in [0.29, 0.717) is 49.5 Å². The Hall–Kier alpha value is -2.61. The summed E-state index contributed by atoms with van der Waals surface area (Å²) in [5.41, 5.74) is 4.72. The molecular weight excluding hydrogens is 428 g/mol. The van der Waals surface area contributed by atoms with Crippen LogP contribution in [-0.4, -0.2) is 84.7 Å². The van der Waals surface area contributed by atoms with Gasteiger partial charge in [-0.15, -0.1) is 0 Å². The van der Waals surface area contributed by atoms with Crippen LogP contribution < -0.4 is 5.32 Å². The second-order valence-corrected chi connectivity index (χ2v) is 10.3. The highest BCUT2D eigenvalue weighted by Crippen LogP contribution is 2.38. The van der Waals surface area contributed by atoms with E-state index < -0.39 is 0 Å². The number of amides is 1. The van der Waals surface area contributed by atoms with Gasteiger partial charge < -0.3 is 19.9 Å². The Labute approximate surface area is 202 Å². The number of hydrazone groups is 1. The Morgan fingerprint density at radius 2 is 2.15 bits per heavy atom. The Morgan fingerprint density at radius 1 is 1.29 bits per heavy atom. The molecule has 0 radical (unpaired) electrons. The number of hydrogen-bond donors (Lipinski definition) is 2. The van der Waals surface area contributed by atoms with Gasteiger partial charge in [0.25, 0.3) is 0 Å². The summed E-state index contributed by atoms with van der Waals surface area (Å²) in [6.45, 7) is 7.41. The van der Waals surface area contributed by atoms with Gasteiger partial charge in [-0.3, -0.25) is 15.2 Å². The molecule has 184 valence electrons. The average Bonchev–Trinajstić information content (AvgIpc) is 3.47. The second-order valence-electron chi connectivity index (χ2n) is 10.3. The highest BCUT2D eigenvalue weighted by molar-refractivity contribution is 5.99. The molecule has 5 rings (SSSR count). The van der Waals surface area contributed by atoms with E-state index in [4.69, 9.17) is 4.74 Å². The monoisotopic (exact) mass is 466 g/mol. The molecule has 0 aromatic carbocycles. The van der Waals surface area contributed by atoms with Gasteiger partial charge in [0.15, 0.2) is 0 Å². The number of carbonyl (C=O) groups is 1. The smallest absolute Gasteiger partial charge is 0.219 e. The number of allylic oxidation sites excluding steroid dienone is 3. The number of rotatable bonds is 4. The van der Waals surface area contributed by atoms with E-state index in [0.717, 1.165) is 56.5 Å². The van der Waals surface area contributed by atoms with Crippen molar-refractivity contribution in [2.24, 2.45) is 16.9 Å². The van der Waals surface area contributed by atoms with Crippen LogP contribution in [0.25, 0.3) is 0 Å². The van der Waals surface area contributed by atoms with Crippen LogP contribution in [0.5, 0.6) is 0 Å². The first kappa shape index (κ1) is 23.1. The fourth-order valence-electron chi connectivity index (χ4n) is 5.96. The van der Waals surface area contributed by atoms with Crippen molar-refractivity contribution in [2.75, 3.05) is 39.9 Å². The Bertz CT molecular complexity index is 960. The molecular formula is C26H38N6O2. The zero-order valence-corrected chi connectivity index (χ0v) is 20.7. The van der Waals surface area contributed by atoms with Gasteiger partial charge in [-0.25, -0.2) is 0 Å². The van der Waals surface area contributed by atoms with Gasteiger partial charge in [-0.2, -0.15) is 5.10 Å². The number of hydrogen-bond acceptors (Lipinski definition) is 6. The van der Waals surface area contributed by atoms with Gasteiger partial charge in [0.2, 0.25) is 5.91 Å². The second kappa shape index (κ2) is 9.56. The molecule has 0 saturated carbocycles. The van der Waals surface area contributed by atoms with Gasteiger partial charge in [0.1, 0.15) is 5.84 Å². The highest BCUT2D eigenvalue weighted by atomic mass is 16.5. The zero-order chi connectivity index (χ0) is 23.8. The van der Waals surface area contributed by atoms with Crippen LogP contribution in [-0.2, 0) is 9.53 Å². The first-order valence-corrected chi connectivity index (χ1v) is 12.8. The number of ether oxygens (including phenoxy) is 1. The Morgan fingerprint density at radius 3 is 2.85 bits per heavy atom. The van der Waals surface area contributed by atoms with Crippen molar-refractivity contribution in [3.8, 4) is 0 Å². The molecule has 3 unspecified atom stereocenters. The van der Waals surface area contributed by atoms with Crippen LogP contribution in [0.4, 0.5) is 0 Å². The largest absolute Gasteiger partial charge is 0.383 e. The van der Waals surface area contributed by atoms with Crippen molar-refractivity contribution in [3.05, 3.63) is 34.7 Å². The van der Waals surface area contributed by atoms with E-state index in [1.807, 2.05) is 11.9 Å². The minimum absolute atomic E-state index is 0.0739. The van der Waals surface area contributed by atoms with E-state index in [1.165, 1.54) is 11.3 Å². The van der Waals surface area contributed by atoms with E-state index in [-0.39, 0.29) is 5.91 Å². The van der Waals surface area contributed by atoms with Gasteiger partial charge in [-0.05, 0) is 50.2 Å². The molecule has 5 aliphatic rings. The SMILES string of the molecule is CC(=O)N1CCC(N[C@H]2CCOC2)=C(C(=N)N2CCCC3=C2C=CC(C2C=NN(C)C2C)C3)C1. The third-order valence-corrected chi connectivity index (χ3v) is 8.21. The summed E-state index contributed by atoms with van der Waals surface area (Å²) in [5, 5.41) is 19.5. The topological polar surface area (TPSA) is 84.3 Å². The average molecular weight is 467 g/mol. The van der Waals surface area contributed by atoms with Crippen molar-refractivity contribution in [2.45, 2.75) is 58.0 Å². The lowest BCUT2D eigenvalue weighted by Crippen LogP contribution is -2.45. The lowest BCUT2D eigenvalue weighted by atomic mass is 9.78. The fraction of sp³-hybridized carbons (Fsp3) is 0.654. The molecule has 1 amide bonds. The summed E-state index contributed by atoms with van der Waals surface area (Å²) in [5.74, 6) is 1.50. The Kier molecular flexibility index (Phi) is 6.51. The minimum atomic E-state index is 0.0739. The van der Waals surface area contributed by atoms with Gasteiger partial charge in [0.05, 0.1) is 25.2 Å². The zero-order valence-electron chi connectivity index (χ0n) is 20.7. The number of nitrogens with zero attached hydrogens (tertiary/aromatic N) is 4. The first-order valence-electron chi connectivity index (χ1n) is 12.8. The van der Waals surface area contributed by atoms with Gasteiger partial charge >= 0.3 is 0 Å². The molecule has 1 aliphatic carbocycles. The molecule has 0 aromatic heterocycles. The summed E-state index contributed by atoms with van der Waals surface area (Å²) >= 11 is 0. The van der Waals surface area contributed by atoms with Gasteiger partial charge in [-0.1, -0.05) is 6.08 Å². The molecule has 4 atom stereocenters. The molecule has 2 N–H and O–H groups in total. The maximum atomic E-state index is 12.2. The van der Waals surface area contributed by atoms with E-state index in [2.05, 4.69) is 45.6 Å². The van der Waals surface area contributed by atoms with Crippen molar-refractivity contribution in [1.82, 2.24) is 20.1 Å². The normalized spacial score (nSPS) is 31.4. The molecule has 8 nitrogen and oxygen atoms in total. The molecule has 34 heavy (non-hydrogen) atoms. The van der Waals surface area contributed by atoms with Crippen LogP contribution >= 0.6 is 0 Å². The molecule has 0 bridgehead atoms. The fourth-order valence-corrected chi connectivity index (χ4v) is 5.96. The molecule has 0 aromatic rings. The summed E-state index contributed by atoms with van der Waals surface area (Å²) in [6, 6.07) is 0.703. The highest BCUT2D eigenvalue weighted by Gasteiger charge is 2.36. The quantitative estimate of drug-likeness (QED) is 0.492. The molecule has 4 heterocycles. The van der Waals surface area contributed by atoms with E-state index in [9.17, 15) is 10.2 Å². The number of carbonyl (C=O) groups excluding carboxylic acids is 1. The van der Waals surface area contributed by atoms with Crippen LogP contribution in [0.3, 0.4) is 0 Å². The predicted molar refractivity (Wildman–Crippen MR) is 133 cm³/mol. The molecule has 1 saturated heterocycles. The summed E-state index contributed by atoms with van der Waals surface area (Å²) in [6.07, 6.45) is 11.6. The minimum Gasteiger partial charge on any atom is -0.383 e. The lowest BCUT2D eigenvalue weighted by Gasteiger charge is -2.40. The van der Waals surface area contributed by atoms with Crippen LogP contribution in [0, 0.1) is 17.2 Å². The first-order chi connectivity index (χ1) is 16.4. The summed E-state index contributed by atoms with van der Waals surface area (Å²) < 4.78 is 5.56. The van der Waals surface area contributed by atoms with Crippen molar-refractivity contribution in [1.29, 1.82) is 5.41 Å². The van der Waals surface area contributed by atoms with Gasteiger partial charge in [0, 0.05) is 69.2 Å². The maximum Gasteiger partial charge on any atom is 0.219 e. The van der Waals surface area contributed by atoms with Crippen molar-refractivity contribution >= 4 is 18.0 Å². The molecule has 8 heteroatoms. The van der Waals surface area contributed by atoms with Crippen molar-refractivity contribution in [3.63, 3.8) is 0 Å². The molecule has 1 fully saturated rings. The third-order valence-electron chi connectivity index (χ3n) is 8.21. The summed E-state index contributed by atoms with van der Waals surface area (Å²) in [4.78, 5) is 16.2. The molecule has 4 aliphatic heterocycles. The van der Waals surface area contributed by atoms with Crippen LogP contribution in [0.1, 0.15) is 46.0 Å². The summed E-state index contributed by atoms with van der Waals surface area (Å²) in [7, 11) is 2.05. The van der Waals surface area contributed by atoms with Crippen LogP contribution in [0.2, 0.25) is 0 Å². The maximum absolute atomic E-state index is 12.2. The number of amidine groups is 1. The third kappa shape index (κ3) is 4.40. The lowest BCUT2D eigenvalue weighted by molar-refractivity contribution is -0.128. The van der Waals surface area contributed by atoms with E-state index >= 15 is 0 Å². The van der Waals surface area contributed by atoms with Crippen LogP contribution in [0.15, 0.2) is 39.8 Å². The van der Waals surface area contributed by atoms with E-state index in [1.54, 1.807) is 6.92 Å². The number of nitrogens with one attached hydrogen (secondary N) is 2. The Balaban J connectivity index is 1.38.